The van der Waals surface area contributed by atoms with Gasteiger partial charge >= 0.3 is 0 Å². The molecule has 3 aromatic rings. The standard InChI is InChI=1S/C18H16ClIN2O2S/c1-11-13(19)7-8-15-16(11)22(9-10-24-2)18(25-15)21-17(23)12-5-3-4-6-14(12)20/h3-8H,9-10H2,1-2H3. The van der Waals surface area contributed by atoms with Gasteiger partial charge in [0.1, 0.15) is 0 Å². The fourth-order valence-corrected chi connectivity index (χ4v) is 4.46. The van der Waals surface area contributed by atoms with E-state index in [2.05, 4.69) is 27.6 Å². The number of carbonyl (C=O) groups excluding carboxylic acids is 1. The maximum atomic E-state index is 12.7. The number of hydrogen-bond acceptors (Lipinski definition) is 3. The van der Waals surface area contributed by atoms with Crippen molar-refractivity contribution in [1.82, 2.24) is 4.57 Å². The maximum Gasteiger partial charge on any atom is 0.280 e. The Morgan fingerprint density at radius 1 is 1.32 bits per heavy atom. The number of rotatable bonds is 4. The average molecular weight is 487 g/mol. The van der Waals surface area contributed by atoms with Crippen molar-refractivity contribution in [3.8, 4) is 0 Å². The molecule has 0 atom stereocenters. The van der Waals surface area contributed by atoms with Crippen LogP contribution in [-0.4, -0.2) is 24.2 Å². The van der Waals surface area contributed by atoms with Crippen LogP contribution in [-0.2, 0) is 11.3 Å². The van der Waals surface area contributed by atoms with Crippen LogP contribution in [0.3, 0.4) is 0 Å². The predicted molar refractivity (Wildman–Crippen MR) is 110 cm³/mol. The molecule has 4 nitrogen and oxygen atoms in total. The van der Waals surface area contributed by atoms with Crippen LogP contribution in [0.25, 0.3) is 10.2 Å². The summed E-state index contributed by atoms with van der Waals surface area (Å²) in [6.45, 7) is 3.12. The summed E-state index contributed by atoms with van der Waals surface area (Å²) >= 11 is 9.92. The lowest BCUT2D eigenvalue weighted by molar-refractivity contribution is 0.0996. The molecule has 130 valence electrons. The van der Waals surface area contributed by atoms with Gasteiger partial charge in [0.15, 0.2) is 4.80 Å². The minimum absolute atomic E-state index is 0.244. The highest BCUT2D eigenvalue weighted by atomic mass is 127. The summed E-state index contributed by atoms with van der Waals surface area (Å²) in [6.07, 6.45) is 0. The minimum Gasteiger partial charge on any atom is -0.383 e. The van der Waals surface area contributed by atoms with Crippen molar-refractivity contribution in [3.63, 3.8) is 0 Å². The Kier molecular flexibility index (Phi) is 5.93. The molecule has 1 aromatic heterocycles. The van der Waals surface area contributed by atoms with Gasteiger partial charge in [-0.15, -0.1) is 0 Å². The minimum atomic E-state index is -0.244. The summed E-state index contributed by atoms with van der Waals surface area (Å²) in [6, 6.07) is 11.3. The van der Waals surface area contributed by atoms with E-state index in [4.69, 9.17) is 16.3 Å². The number of benzene rings is 2. The predicted octanol–water partition coefficient (Wildman–Crippen LogP) is 4.66. The summed E-state index contributed by atoms with van der Waals surface area (Å²) in [4.78, 5) is 17.7. The van der Waals surface area contributed by atoms with E-state index in [-0.39, 0.29) is 5.91 Å². The fraction of sp³-hybridized carbons (Fsp3) is 0.222. The zero-order valence-electron chi connectivity index (χ0n) is 13.8. The van der Waals surface area contributed by atoms with Gasteiger partial charge in [-0.2, -0.15) is 4.99 Å². The number of hydrogen-bond donors (Lipinski definition) is 0. The van der Waals surface area contributed by atoms with Gasteiger partial charge in [0, 0.05) is 22.2 Å². The lowest BCUT2D eigenvalue weighted by Gasteiger charge is -2.07. The van der Waals surface area contributed by atoms with Gasteiger partial charge in [-0.05, 0) is 59.3 Å². The molecule has 1 amide bonds. The molecule has 0 radical (unpaired) electrons. The molecule has 0 spiro atoms. The van der Waals surface area contributed by atoms with Gasteiger partial charge in [-0.25, -0.2) is 0 Å². The highest BCUT2D eigenvalue weighted by Crippen LogP contribution is 2.27. The van der Waals surface area contributed by atoms with Crippen LogP contribution in [0.15, 0.2) is 41.4 Å². The highest BCUT2D eigenvalue weighted by molar-refractivity contribution is 14.1. The van der Waals surface area contributed by atoms with E-state index in [0.29, 0.717) is 28.5 Å². The van der Waals surface area contributed by atoms with Crippen LogP contribution in [0.2, 0.25) is 5.02 Å². The van der Waals surface area contributed by atoms with Crippen LogP contribution in [0.4, 0.5) is 0 Å². The number of halogens is 2. The Bertz CT molecular complexity index is 1010. The third kappa shape index (κ3) is 3.81. The van der Waals surface area contributed by atoms with E-state index in [1.54, 1.807) is 13.2 Å². The lowest BCUT2D eigenvalue weighted by atomic mass is 10.2. The smallest absolute Gasteiger partial charge is 0.280 e. The molecule has 1 heterocycles. The van der Waals surface area contributed by atoms with Crippen LogP contribution in [0.5, 0.6) is 0 Å². The second kappa shape index (κ2) is 7.99. The van der Waals surface area contributed by atoms with E-state index in [0.717, 1.165) is 19.4 Å². The van der Waals surface area contributed by atoms with Crippen molar-refractivity contribution >= 4 is 61.7 Å². The van der Waals surface area contributed by atoms with Gasteiger partial charge in [-0.1, -0.05) is 35.1 Å². The number of aryl methyl sites for hydroxylation is 1. The molecule has 0 aliphatic heterocycles. The van der Waals surface area contributed by atoms with Gasteiger partial charge in [0.25, 0.3) is 5.91 Å². The lowest BCUT2D eigenvalue weighted by Crippen LogP contribution is -2.20. The third-order valence-electron chi connectivity index (χ3n) is 3.85. The van der Waals surface area contributed by atoms with Gasteiger partial charge in [0.05, 0.1) is 22.4 Å². The van der Waals surface area contributed by atoms with Crippen LogP contribution in [0.1, 0.15) is 15.9 Å². The second-order valence-electron chi connectivity index (χ2n) is 5.45. The first kappa shape index (κ1) is 18.6. The SMILES string of the molecule is COCCn1c(=NC(=O)c2ccccc2I)sc2ccc(Cl)c(C)c21. The molecule has 0 aliphatic carbocycles. The zero-order valence-corrected chi connectivity index (χ0v) is 17.5. The monoisotopic (exact) mass is 486 g/mol. The molecule has 0 saturated carbocycles. The Hall–Kier alpha value is -1.22. The summed E-state index contributed by atoms with van der Waals surface area (Å²) in [5, 5.41) is 0.701. The first-order chi connectivity index (χ1) is 12.0. The molecule has 25 heavy (non-hydrogen) atoms. The van der Waals surface area contributed by atoms with Crippen molar-refractivity contribution < 1.29 is 9.53 Å². The number of thiazole rings is 1. The number of aromatic nitrogens is 1. The van der Waals surface area contributed by atoms with Crippen molar-refractivity contribution in [1.29, 1.82) is 0 Å². The molecular weight excluding hydrogens is 471 g/mol. The molecule has 0 fully saturated rings. The second-order valence-corrected chi connectivity index (χ2v) is 8.02. The van der Waals surface area contributed by atoms with E-state index < -0.39 is 0 Å². The van der Waals surface area contributed by atoms with Crippen molar-refractivity contribution in [2.24, 2.45) is 4.99 Å². The maximum absolute atomic E-state index is 12.7. The molecular formula is C18H16ClIN2O2S. The zero-order chi connectivity index (χ0) is 18.0. The number of ether oxygens (including phenoxy) is 1. The summed E-state index contributed by atoms with van der Waals surface area (Å²) in [5.74, 6) is -0.244. The molecule has 7 heteroatoms. The quantitative estimate of drug-likeness (QED) is 0.504. The van der Waals surface area contributed by atoms with Crippen molar-refractivity contribution in [2.75, 3.05) is 13.7 Å². The largest absolute Gasteiger partial charge is 0.383 e. The van der Waals surface area contributed by atoms with E-state index >= 15 is 0 Å². The number of amides is 1. The van der Waals surface area contributed by atoms with Gasteiger partial charge < -0.3 is 9.30 Å². The summed E-state index contributed by atoms with van der Waals surface area (Å²) in [5.41, 5.74) is 2.59. The van der Waals surface area contributed by atoms with Gasteiger partial charge in [0.2, 0.25) is 0 Å². The molecule has 2 aromatic carbocycles. The number of nitrogens with zero attached hydrogens (tertiary/aromatic N) is 2. The van der Waals surface area contributed by atoms with Crippen LogP contribution < -0.4 is 4.80 Å². The average Bonchev–Trinajstić information content (AvgIpc) is 2.94. The molecule has 0 saturated heterocycles. The Balaban J connectivity index is 2.19. The normalized spacial score (nSPS) is 12.1. The fourth-order valence-electron chi connectivity index (χ4n) is 2.57. The topological polar surface area (TPSA) is 43.6 Å². The molecule has 0 N–H and O–H groups in total. The van der Waals surface area contributed by atoms with Crippen molar-refractivity contribution in [2.45, 2.75) is 13.5 Å². The molecule has 0 unspecified atom stereocenters. The summed E-state index contributed by atoms with van der Waals surface area (Å²) < 4.78 is 9.17. The first-order valence-corrected chi connectivity index (χ1v) is 9.91. The molecule has 0 aliphatic rings. The van der Waals surface area contributed by atoms with Crippen molar-refractivity contribution in [3.05, 3.63) is 60.9 Å². The van der Waals surface area contributed by atoms with E-state index in [1.807, 2.05) is 41.8 Å². The number of fused-ring (bicyclic) bond motifs is 1. The first-order valence-electron chi connectivity index (χ1n) is 7.64. The summed E-state index contributed by atoms with van der Waals surface area (Å²) in [7, 11) is 1.66. The third-order valence-corrected chi connectivity index (χ3v) is 6.24. The van der Waals surface area contributed by atoms with E-state index in [1.165, 1.54) is 11.3 Å². The Morgan fingerprint density at radius 3 is 2.80 bits per heavy atom. The Labute approximate surface area is 168 Å². The Morgan fingerprint density at radius 2 is 2.08 bits per heavy atom. The number of carbonyl (C=O) groups is 1. The van der Waals surface area contributed by atoms with Crippen LogP contribution in [0, 0.1) is 10.5 Å². The van der Waals surface area contributed by atoms with Gasteiger partial charge in [-0.3, -0.25) is 4.79 Å². The molecule has 0 bridgehead atoms. The van der Waals surface area contributed by atoms with E-state index in [9.17, 15) is 4.79 Å². The number of methoxy groups -OCH3 is 1. The molecule has 3 rings (SSSR count). The highest BCUT2D eigenvalue weighted by Gasteiger charge is 2.13. The van der Waals surface area contributed by atoms with Crippen LogP contribution >= 0.6 is 45.5 Å².